The molecular weight excluding hydrogens is 420 g/mol. The molecule has 0 radical (unpaired) electrons. The molecule has 0 aliphatic heterocycles. The van der Waals surface area contributed by atoms with Crippen molar-refractivity contribution >= 4 is 11.9 Å². The monoisotopic (exact) mass is 450 g/mol. The van der Waals surface area contributed by atoms with Gasteiger partial charge in [0, 0.05) is 6.42 Å². The van der Waals surface area contributed by atoms with E-state index in [0.29, 0.717) is 18.6 Å². The molecule has 0 amide bonds. The van der Waals surface area contributed by atoms with Crippen molar-refractivity contribution in [3.05, 3.63) is 95.1 Å². The molecule has 0 atom stereocenters. The summed E-state index contributed by atoms with van der Waals surface area (Å²) >= 11 is 0. The van der Waals surface area contributed by atoms with E-state index in [1.54, 1.807) is 30.3 Å². The molecule has 33 heavy (non-hydrogen) atoms. The number of hydrogen-bond acceptors (Lipinski definition) is 5. The predicted octanol–water partition coefficient (Wildman–Crippen LogP) is 5.81. The molecule has 3 aromatic carbocycles. The van der Waals surface area contributed by atoms with E-state index >= 15 is 0 Å². The number of carbonyl (C=O) groups excluding carboxylic acids is 1. The highest BCUT2D eigenvalue weighted by atomic mass is 16.5. The number of aromatic carboxylic acids is 1. The van der Waals surface area contributed by atoms with Crippen LogP contribution < -0.4 is 0 Å². The maximum absolute atomic E-state index is 11.5. The van der Waals surface area contributed by atoms with Gasteiger partial charge in [0.05, 0.1) is 6.61 Å². The molecule has 0 aliphatic rings. The highest BCUT2D eigenvalue weighted by Gasteiger charge is 2.13. The smallest absolute Gasteiger partial charge is 0.341 e. The normalized spacial score (nSPS) is 10.1. The molecule has 3 N–H and O–H groups in total. The van der Waals surface area contributed by atoms with Crippen LogP contribution in [0, 0.1) is 0 Å². The number of carboxylic acids is 1. The van der Waals surface area contributed by atoms with E-state index in [-0.39, 0.29) is 22.6 Å². The van der Waals surface area contributed by atoms with Gasteiger partial charge in [0.2, 0.25) is 0 Å². The number of rotatable bonds is 9. The second-order valence-corrected chi connectivity index (χ2v) is 7.49. The van der Waals surface area contributed by atoms with Gasteiger partial charge >= 0.3 is 11.9 Å². The largest absolute Gasteiger partial charge is 0.507 e. The van der Waals surface area contributed by atoms with Gasteiger partial charge in [-0.1, -0.05) is 80.8 Å². The number of hydrogen-bond donors (Lipinski definition) is 3. The molecule has 6 heteroatoms. The molecule has 3 rings (SSSR count). The van der Waals surface area contributed by atoms with E-state index in [9.17, 15) is 19.8 Å². The number of carbonyl (C=O) groups is 2. The van der Waals surface area contributed by atoms with Crippen LogP contribution in [0.3, 0.4) is 0 Å². The van der Waals surface area contributed by atoms with E-state index in [1.807, 2.05) is 30.3 Å². The standard InChI is InChI=1S/C14H12O3.C13H18O3/c15-13-11(7-4-8-12(13)14(16)17)9-10-5-2-1-3-6-10;1-2-3-4-7-10-16-13(15)11-8-5-6-9-12(11)14/h1-8,15H,9H2,(H,16,17);5-6,8-9,14H,2-4,7,10H2,1H3. The van der Waals surface area contributed by atoms with Gasteiger partial charge in [-0.2, -0.15) is 0 Å². The number of aromatic hydroxyl groups is 2. The van der Waals surface area contributed by atoms with Crippen LogP contribution in [0.5, 0.6) is 11.5 Å². The first-order valence-electron chi connectivity index (χ1n) is 11.0. The number of phenolic OH excluding ortho intramolecular Hbond substituents is 1. The van der Waals surface area contributed by atoms with Crippen molar-refractivity contribution in [1.29, 1.82) is 0 Å². The minimum atomic E-state index is -1.11. The number of esters is 1. The average molecular weight is 451 g/mol. The Balaban J connectivity index is 0.000000234. The molecule has 3 aromatic rings. The van der Waals surface area contributed by atoms with Crippen LogP contribution in [-0.2, 0) is 11.2 Å². The highest BCUT2D eigenvalue weighted by molar-refractivity contribution is 5.92. The summed E-state index contributed by atoms with van der Waals surface area (Å²) < 4.78 is 5.06. The third kappa shape index (κ3) is 8.33. The first kappa shape index (κ1) is 25.5. The van der Waals surface area contributed by atoms with Crippen molar-refractivity contribution in [2.75, 3.05) is 6.61 Å². The van der Waals surface area contributed by atoms with Crippen molar-refractivity contribution < 1.29 is 29.6 Å². The van der Waals surface area contributed by atoms with Crippen LogP contribution in [0.25, 0.3) is 0 Å². The number of benzene rings is 3. The van der Waals surface area contributed by atoms with Gasteiger partial charge in [0.15, 0.2) is 0 Å². The number of ether oxygens (including phenoxy) is 1. The zero-order chi connectivity index (χ0) is 24.1. The molecule has 0 fully saturated rings. The lowest BCUT2D eigenvalue weighted by Gasteiger charge is -2.07. The Morgan fingerprint density at radius 2 is 1.45 bits per heavy atom. The Labute approximate surface area is 194 Å². The molecule has 0 heterocycles. The van der Waals surface area contributed by atoms with E-state index in [2.05, 4.69) is 6.92 Å². The van der Waals surface area contributed by atoms with Crippen LogP contribution >= 0.6 is 0 Å². The van der Waals surface area contributed by atoms with Crippen LogP contribution in [0.4, 0.5) is 0 Å². The van der Waals surface area contributed by atoms with E-state index in [0.717, 1.165) is 31.2 Å². The number of phenols is 2. The summed E-state index contributed by atoms with van der Waals surface area (Å²) in [7, 11) is 0. The van der Waals surface area contributed by atoms with Crippen LogP contribution in [0.2, 0.25) is 0 Å². The first-order chi connectivity index (χ1) is 15.9. The Morgan fingerprint density at radius 1 is 0.788 bits per heavy atom. The van der Waals surface area contributed by atoms with Crippen molar-refractivity contribution in [2.45, 2.75) is 39.0 Å². The van der Waals surface area contributed by atoms with Crippen LogP contribution in [0.15, 0.2) is 72.8 Å². The van der Waals surface area contributed by atoms with Gasteiger partial charge in [-0.25, -0.2) is 9.59 Å². The third-order valence-corrected chi connectivity index (χ3v) is 4.94. The van der Waals surface area contributed by atoms with E-state index < -0.39 is 11.9 Å². The summed E-state index contributed by atoms with van der Waals surface area (Å²) in [5.41, 5.74) is 1.83. The lowest BCUT2D eigenvalue weighted by Crippen LogP contribution is -2.06. The fourth-order valence-electron chi connectivity index (χ4n) is 3.14. The summed E-state index contributed by atoms with van der Waals surface area (Å²) in [6.45, 7) is 2.56. The summed E-state index contributed by atoms with van der Waals surface area (Å²) in [4.78, 5) is 22.4. The fraction of sp³-hybridized carbons (Fsp3) is 0.259. The van der Waals surface area contributed by atoms with Gasteiger partial charge in [-0.3, -0.25) is 0 Å². The molecule has 0 saturated carbocycles. The topological polar surface area (TPSA) is 104 Å². The Kier molecular flexibility index (Phi) is 10.5. The van der Waals surface area contributed by atoms with Gasteiger partial charge < -0.3 is 20.1 Å². The zero-order valence-corrected chi connectivity index (χ0v) is 18.7. The molecule has 174 valence electrons. The third-order valence-electron chi connectivity index (χ3n) is 4.94. The van der Waals surface area contributed by atoms with Crippen LogP contribution in [-0.4, -0.2) is 33.9 Å². The minimum absolute atomic E-state index is 0.0268. The Bertz CT molecular complexity index is 1030. The first-order valence-corrected chi connectivity index (χ1v) is 11.0. The van der Waals surface area contributed by atoms with Crippen molar-refractivity contribution in [3.8, 4) is 11.5 Å². The van der Waals surface area contributed by atoms with Crippen molar-refractivity contribution in [1.82, 2.24) is 0 Å². The Morgan fingerprint density at radius 3 is 2.12 bits per heavy atom. The highest BCUT2D eigenvalue weighted by Crippen LogP contribution is 2.24. The summed E-state index contributed by atoms with van der Waals surface area (Å²) in [5.74, 6) is -1.74. The Hall–Kier alpha value is -3.80. The molecule has 0 aromatic heterocycles. The quantitative estimate of drug-likeness (QED) is 0.281. The van der Waals surface area contributed by atoms with Gasteiger partial charge in [0.1, 0.15) is 22.6 Å². The second kappa shape index (κ2) is 13.6. The van der Waals surface area contributed by atoms with Crippen molar-refractivity contribution in [2.24, 2.45) is 0 Å². The molecule has 0 unspecified atom stereocenters. The van der Waals surface area contributed by atoms with Gasteiger partial charge in [-0.05, 0) is 35.7 Å². The van der Waals surface area contributed by atoms with E-state index in [1.165, 1.54) is 12.1 Å². The minimum Gasteiger partial charge on any atom is -0.507 e. The number of para-hydroxylation sites is 2. The SMILES string of the molecule is CCCCCCOC(=O)c1ccccc1O.O=C(O)c1cccc(Cc2ccccc2)c1O. The second-order valence-electron chi connectivity index (χ2n) is 7.49. The van der Waals surface area contributed by atoms with Gasteiger partial charge in [-0.15, -0.1) is 0 Å². The zero-order valence-electron chi connectivity index (χ0n) is 18.7. The molecule has 6 nitrogen and oxygen atoms in total. The summed E-state index contributed by atoms with van der Waals surface area (Å²) in [5, 5.41) is 28.2. The predicted molar refractivity (Wildman–Crippen MR) is 127 cm³/mol. The number of unbranched alkanes of at least 4 members (excludes halogenated alkanes) is 3. The van der Waals surface area contributed by atoms with E-state index in [4.69, 9.17) is 9.84 Å². The van der Waals surface area contributed by atoms with Crippen LogP contribution in [0.1, 0.15) is 64.4 Å². The lowest BCUT2D eigenvalue weighted by atomic mass is 10.0. The molecular formula is C27H30O6. The number of carboxylic acid groups (broad SMARTS) is 1. The van der Waals surface area contributed by atoms with Gasteiger partial charge in [0.25, 0.3) is 0 Å². The lowest BCUT2D eigenvalue weighted by molar-refractivity contribution is 0.0494. The molecule has 0 spiro atoms. The average Bonchev–Trinajstić information content (AvgIpc) is 2.81. The fourth-order valence-corrected chi connectivity index (χ4v) is 3.14. The summed E-state index contributed by atoms with van der Waals surface area (Å²) in [6.07, 6.45) is 4.80. The molecule has 0 saturated heterocycles. The maximum atomic E-state index is 11.5. The summed E-state index contributed by atoms with van der Waals surface area (Å²) in [6, 6.07) is 20.8. The maximum Gasteiger partial charge on any atom is 0.341 e. The molecule has 0 bridgehead atoms. The molecule has 0 aliphatic carbocycles. The van der Waals surface area contributed by atoms with Crippen molar-refractivity contribution in [3.63, 3.8) is 0 Å².